The van der Waals surface area contributed by atoms with Crippen LogP contribution in [0.5, 0.6) is 0 Å². The fraction of sp³-hybridized carbons (Fsp3) is 0.705. The zero-order valence-electron chi connectivity index (χ0n) is 36.9. The van der Waals surface area contributed by atoms with Crippen LogP contribution in [0, 0.1) is 36.0 Å². The summed E-state index contributed by atoms with van der Waals surface area (Å²) in [6.07, 6.45) is 4.63. The molecular weight excluding hydrogens is 743 g/mol. The molecule has 326 valence electrons. The molecule has 58 heavy (non-hydrogen) atoms. The largest absolute Gasteiger partial charge is 0.448 e. The van der Waals surface area contributed by atoms with E-state index in [4.69, 9.17) is 20.6 Å². The molecule has 1 aromatic carbocycles. The van der Waals surface area contributed by atoms with Crippen LogP contribution in [0.4, 0.5) is 4.79 Å². The molecule has 1 saturated heterocycles. The molecule has 1 heterocycles. The summed E-state index contributed by atoms with van der Waals surface area (Å²) in [6.45, 7) is 15.3. The monoisotopic (exact) mass is 814 g/mol. The minimum atomic E-state index is -0.945. The number of likely N-dealkylation sites (N-methyl/N-ethyl adjacent to an activating group) is 2. The quantitative estimate of drug-likeness (QED) is 0.114. The molecule has 1 aliphatic rings. The van der Waals surface area contributed by atoms with Crippen molar-refractivity contribution in [3.8, 4) is 12.3 Å². The van der Waals surface area contributed by atoms with E-state index in [1.807, 2.05) is 45.9 Å². The van der Waals surface area contributed by atoms with Gasteiger partial charge in [0, 0.05) is 41.3 Å². The number of likely N-dealkylation sites (tertiary alicyclic amines) is 1. The lowest BCUT2D eigenvalue weighted by molar-refractivity contribution is -0.148. The molecule has 5 amide bonds. The predicted molar refractivity (Wildman–Crippen MR) is 223 cm³/mol. The van der Waals surface area contributed by atoms with Gasteiger partial charge in [-0.1, -0.05) is 85.2 Å². The number of rotatable bonds is 22. The molecule has 0 spiro atoms. The summed E-state index contributed by atoms with van der Waals surface area (Å²) in [5, 5.41) is 16.7. The summed E-state index contributed by atoms with van der Waals surface area (Å²) in [6, 6.07) is 5.77. The summed E-state index contributed by atoms with van der Waals surface area (Å²) in [5.74, 6) is -0.271. The molecule has 0 aromatic heterocycles. The van der Waals surface area contributed by atoms with Crippen LogP contribution in [-0.2, 0) is 33.4 Å². The fourth-order valence-electron chi connectivity index (χ4n) is 7.99. The Morgan fingerprint density at radius 2 is 1.57 bits per heavy atom. The molecule has 10 atom stereocenters. The first-order valence-electron chi connectivity index (χ1n) is 20.7. The Morgan fingerprint density at radius 3 is 2.10 bits per heavy atom. The molecule has 14 heteroatoms. The van der Waals surface area contributed by atoms with E-state index in [2.05, 4.69) is 16.6 Å². The van der Waals surface area contributed by atoms with Crippen molar-refractivity contribution in [2.45, 2.75) is 136 Å². The van der Waals surface area contributed by atoms with E-state index < -0.39 is 60.4 Å². The first kappa shape index (κ1) is 50.0. The zero-order chi connectivity index (χ0) is 43.9. The minimum absolute atomic E-state index is 0.0204. The summed E-state index contributed by atoms with van der Waals surface area (Å²) < 4.78 is 17.2. The van der Waals surface area contributed by atoms with Crippen molar-refractivity contribution in [2.75, 3.05) is 41.5 Å². The van der Waals surface area contributed by atoms with Crippen molar-refractivity contribution in [2.24, 2.45) is 23.7 Å². The standard InChI is InChI=1S/C44H71N5O9/c1-14-16-25-58-44(55)48(11)37(28(5)6)42(53)46-36(27(3)4)43(54)47(10)38(29(7)15-2)34(56-12)26-35(50)49-24-20-23-33(49)40(57-13)30(8)41(52)45-31(9)39(51)32-21-18-17-19-22-32/h1,17-19,21-22,27-31,33-34,36-40,51H,15-16,20,23-26H2,2-13H3,(H,45,52)(H,46,53)/t29-,30+,31-,33-,34-,36-,37-,38-,39-,40+/m0/s1. The number of methoxy groups -OCH3 is 2. The molecule has 1 aromatic rings. The molecule has 0 saturated carbocycles. The average molecular weight is 814 g/mol. The third kappa shape index (κ3) is 13.2. The van der Waals surface area contributed by atoms with Crippen LogP contribution in [0.2, 0.25) is 0 Å². The second kappa shape index (κ2) is 24.0. The normalized spacial score (nSPS) is 18.8. The Bertz CT molecular complexity index is 1520. The van der Waals surface area contributed by atoms with Gasteiger partial charge in [0.1, 0.15) is 18.7 Å². The molecular formula is C44H71N5O9. The first-order valence-corrected chi connectivity index (χ1v) is 20.7. The summed E-state index contributed by atoms with van der Waals surface area (Å²) in [7, 11) is 6.21. The van der Waals surface area contributed by atoms with Crippen LogP contribution in [-0.4, -0.2) is 133 Å². The first-order chi connectivity index (χ1) is 27.4. The highest BCUT2D eigenvalue weighted by Crippen LogP contribution is 2.30. The molecule has 0 bridgehead atoms. The highest BCUT2D eigenvalue weighted by Gasteiger charge is 2.43. The van der Waals surface area contributed by atoms with E-state index in [0.29, 0.717) is 24.9 Å². The molecule has 0 aliphatic carbocycles. The Kier molecular flexibility index (Phi) is 20.7. The van der Waals surface area contributed by atoms with E-state index in [1.54, 1.807) is 56.7 Å². The smallest absolute Gasteiger partial charge is 0.410 e. The Balaban J connectivity index is 2.27. The Morgan fingerprint density at radius 1 is 0.931 bits per heavy atom. The van der Waals surface area contributed by atoms with Gasteiger partial charge in [-0.05, 0) is 43.1 Å². The number of terminal acetylenes is 1. The number of ether oxygens (including phenoxy) is 3. The number of nitrogens with zero attached hydrogens (tertiary/aromatic N) is 3. The topological polar surface area (TPSA) is 167 Å². The number of amides is 5. The van der Waals surface area contributed by atoms with E-state index in [9.17, 15) is 29.1 Å². The van der Waals surface area contributed by atoms with Gasteiger partial charge < -0.3 is 39.8 Å². The predicted octanol–water partition coefficient (Wildman–Crippen LogP) is 4.40. The number of hydrogen-bond acceptors (Lipinski definition) is 9. The van der Waals surface area contributed by atoms with Gasteiger partial charge >= 0.3 is 6.09 Å². The number of aliphatic hydroxyl groups excluding tert-OH is 1. The molecule has 2 rings (SSSR count). The lowest BCUT2D eigenvalue weighted by atomic mass is 9.89. The van der Waals surface area contributed by atoms with E-state index in [0.717, 1.165) is 6.42 Å². The third-order valence-electron chi connectivity index (χ3n) is 11.6. The number of aliphatic hydroxyl groups is 1. The van der Waals surface area contributed by atoms with Crippen LogP contribution >= 0.6 is 0 Å². The van der Waals surface area contributed by atoms with E-state index >= 15 is 0 Å². The van der Waals surface area contributed by atoms with Gasteiger partial charge in [-0.2, -0.15) is 0 Å². The number of carbonyl (C=O) groups excluding carboxylic acids is 5. The number of hydrogen-bond donors (Lipinski definition) is 3. The summed E-state index contributed by atoms with van der Waals surface area (Å²) in [4.78, 5) is 73.3. The van der Waals surface area contributed by atoms with Crippen molar-refractivity contribution in [3.05, 3.63) is 35.9 Å². The van der Waals surface area contributed by atoms with Gasteiger partial charge in [0.15, 0.2) is 0 Å². The maximum atomic E-state index is 14.4. The average Bonchev–Trinajstić information content (AvgIpc) is 3.68. The molecule has 0 unspecified atom stereocenters. The lowest BCUT2D eigenvalue weighted by Crippen LogP contribution is -2.60. The van der Waals surface area contributed by atoms with Crippen molar-refractivity contribution in [1.82, 2.24) is 25.3 Å². The van der Waals surface area contributed by atoms with Gasteiger partial charge in [-0.15, -0.1) is 12.3 Å². The molecule has 1 aliphatic heterocycles. The summed E-state index contributed by atoms with van der Waals surface area (Å²) in [5.41, 5.74) is 0.693. The fourth-order valence-corrected chi connectivity index (χ4v) is 7.99. The van der Waals surface area contributed by atoms with Crippen LogP contribution in [0.25, 0.3) is 0 Å². The highest BCUT2D eigenvalue weighted by molar-refractivity contribution is 5.91. The van der Waals surface area contributed by atoms with Gasteiger partial charge in [-0.3, -0.25) is 24.1 Å². The van der Waals surface area contributed by atoms with Crippen LogP contribution < -0.4 is 10.6 Å². The van der Waals surface area contributed by atoms with Gasteiger partial charge in [0.05, 0.1) is 48.8 Å². The summed E-state index contributed by atoms with van der Waals surface area (Å²) >= 11 is 0. The van der Waals surface area contributed by atoms with E-state index in [1.165, 1.54) is 26.2 Å². The van der Waals surface area contributed by atoms with Crippen molar-refractivity contribution in [1.29, 1.82) is 0 Å². The molecule has 3 N–H and O–H groups in total. The van der Waals surface area contributed by atoms with Crippen molar-refractivity contribution >= 4 is 29.7 Å². The van der Waals surface area contributed by atoms with Gasteiger partial charge in [-0.25, -0.2) is 4.79 Å². The highest BCUT2D eigenvalue weighted by atomic mass is 16.6. The van der Waals surface area contributed by atoms with Crippen LogP contribution in [0.3, 0.4) is 0 Å². The zero-order valence-corrected chi connectivity index (χ0v) is 36.9. The maximum absolute atomic E-state index is 14.4. The molecule has 0 radical (unpaired) electrons. The number of carbonyl (C=O) groups is 5. The number of nitrogens with one attached hydrogen (secondary N) is 2. The van der Waals surface area contributed by atoms with Crippen molar-refractivity contribution in [3.63, 3.8) is 0 Å². The van der Waals surface area contributed by atoms with Crippen LogP contribution in [0.15, 0.2) is 30.3 Å². The lowest BCUT2D eigenvalue weighted by Gasteiger charge is -2.41. The van der Waals surface area contributed by atoms with Gasteiger partial charge in [0.2, 0.25) is 23.6 Å². The second-order valence-corrected chi connectivity index (χ2v) is 16.3. The Labute approximate surface area is 347 Å². The SMILES string of the molecule is C#CCCOC(=O)N(C)[C@H](C(=O)N[C@H](C(=O)N(C)[C@H]([C@H](CC(=O)N1CCC[C@H]1[C@H](OC)[C@@H](C)C(=O)N[C@@H](C)[C@H](O)c1ccccc1)OC)[C@@H](C)CC)C(C)C)C(C)C. The Hall–Kier alpha value is -4.19. The third-order valence-corrected chi connectivity index (χ3v) is 11.6. The van der Waals surface area contributed by atoms with Crippen molar-refractivity contribution < 1.29 is 43.3 Å². The van der Waals surface area contributed by atoms with E-state index in [-0.39, 0.29) is 61.0 Å². The van der Waals surface area contributed by atoms with Gasteiger partial charge in [0.25, 0.3) is 0 Å². The molecule has 14 nitrogen and oxygen atoms in total. The molecule has 1 fully saturated rings. The minimum Gasteiger partial charge on any atom is -0.448 e. The second-order valence-electron chi connectivity index (χ2n) is 16.3. The van der Waals surface area contributed by atoms with Crippen LogP contribution in [0.1, 0.15) is 99.2 Å². The maximum Gasteiger partial charge on any atom is 0.410 e. The number of benzene rings is 1.